The van der Waals surface area contributed by atoms with Gasteiger partial charge in [-0.1, -0.05) is 48.4 Å². The summed E-state index contributed by atoms with van der Waals surface area (Å²) < 4.78 is 19.1. The van der Waals surface area contributed by atoms with Crippen LogP contribution in [0.1, 0.15) is 61.6 Å². The van der Waals surface area contributed by atoms with Crippen LogP contribution >= 0.6 is 15.9 Å². The highest BCUT2D eigenvalue weighted by atomic mass is 79.9. The minimum atomic E-state index is -0.314. The Hall–Kier alpha value is -3.25. The first kappa shape index (κ1) is 24.4. The van der Waals surface area contributed by atoms with E-state index in [0.29, 0.717) is 6.61 Å². The van der Waals surface area contributed by atoms with Gasteiger partial charge in [-0.05, 0) is 78.7 Å². The average molecular weight is 547 g/mol. The van der Waals surface area contributed by atoms with Crippen molar-refractivity contribution in [2.24, 2.45) is 5.10 Å². The third-order valence-electron chi connectivity index (χ3n) is 6.49. The van der Waals surface area contributed by atoms with E-state index in [0.717, 1.165) is 63.6 Å². The predicted octanol–water partition coefficient (Wildman–Crippen LogP) is 7.83. The Balaban J connectivity index is 1.41. The van der Waals surface area contributed by atoms with Crippen molar-refractivity contribution >= 4 is 21.6 Å². The van der Waals surface area contributed by atoms with Crippen LogP contribution in [0.25, 0.3) is 0 Å². The van der Waals surface area contributed by atoms with Crippen LogP contribution in [0.4, 0.5) is 0 Å². The van der Waals surface area contributed by atoms with Crippen LogP contribution < -0.4 is 14.2 Å². The number of nitrogens with zero attached hydrogens (tertiary/aromatic N) is 2. The van der Waals surface area contributed by atoms with E-state index in [2.05, 4.69) is 64.8 Å². The quantitative estimate of drug-likeness (QED) is 0.192. The fourth-order valence-corrected chi connectivity index (χ4v) is 5.00. The zero-order valence-corrected chi connectivity index (χ0v) is 22.1. The molecule has 2 aliphatic rings. The molecule has 3 aromatic rings. The van der Waals surface area contributed by atoms with E-state index in [-0.39, 0.29) is 12.3 Å². The molecule has 2 aliphatic heterocycles. The molecule has 6 heteroatoms. The predicted molar refractivity (Wildman–Crippen MR) is 147 cm³/mol. The van der Waals surface area contributed by atoms with Crippen LogP contribution in [0.15, 0.2) is 89.0 Å². The Labute approximate surface area is 221 Å². The van der Waals surface area contributed by atoms with Crippen molar-refractivity contribution in [1.29, 1.82) is 0 Å². The highest BCUT2D eigenvalue weighted by molar-refractivity contribution is 9.10. The number of ether oxygens (including phenoxy) is 3. The summed E-state index contributed by atoms with van der Waals surface area (Å²) in [5.74, 6) is 2.60. The van der Waals surface area contributed by atoms with E-state index < -0.39 is 0 Å². The van der Waals surface area contributed by atoms with Crippen LogP contribution in [0, 0.1) is 0 Å². The average Bonchev–Trinajstić information content (AvgIpc) is 3.36. The maximum atomic E-state index is 6.52. The van der Waals surface area contributed by atoms with Crippen molar-refractivity contribution in [3.8, 4) is 17.2 Å². The molecule has 2 heterocycles. The molecule has 0 aliphatic carbocycles. The number of unbranched alkanes of at least 4 members (excludes halogenated alkanes) is 2. The maximum absolute atomic E-state index is 6.52. The lowest BCUT2D eigenvalue weighted by Gasteiger charge is -2.38. The molecule has 5 nitrogen and oxygen atoms in total. The standard InChI is InChI=1S/C30H31BrN2O3/c1-3-5-6-18-35-25-14-9-22(10-15-25)30-33-28(26-19-23(31)11-16-29(26)36-30)20-27(32-33)21-7-12-24(13-8-21)34-17-4-2/h4,7-16,19,28,30H,2-3,5-6,17-18,20H2,1H3/t28-,30-/m1/s1. The number of rotatable bonds is 10. The molecule has 2 atom stereocenters. The van der Waals surface area contributed by atoms with Gasteiger partial charge >= 0.3 is 0 Å². The first-order chi connectivity index (χ1) is 17.7. The molecule has 0 spiro atoms. The number of hydrazone groups is 1. The molecule has 0 amide bonds. The van der Waals surface area contributed by atoms with Crippen LogP contribution in [0.5, 0.6) is 17.2 Å². The van der Waals surface area contributed by atoms with Crippen LogP contribution in [0.2, 0.25) is 0 Å². The fourth-order valence-electron chi connectivity index (χ4n) is 4.62. The monoisotopic (exact) mass is 546 g/mol. The number of halogens is 1. The van der Waals surface area contributed by atoms with Crippen molar-refractivity contribution in [1.82, 2.24) is 5.01 Å². The maximum Gasteiger partial charge on any atom is 0.213 e. The summed E-state index contributed by atoms with van der Waals surface area (Å²) in [5.41, 5.74) is 4.31. The normalized spacial score (nSPS) is 18.1. The molecular formula is C30H31BrN2O3. The Kier molecular flexibility index (Phi) is 7.61. The molecule has 0 bridgehead atoms. The highest BCUT2D eigenvalue weighted by Crippen LogP contribution is 2.48. The summed E-state index contributed by atoms with van der Waals surface area (Å²) in [7, 11) is 0. The van der Waals surface area contributed by atoms with E-state index in [9.17, 15) is 0 Å². The van der Waals surface area contributed by atoms with Gasteiger partial charge < -0.3 is 14.2 Å². The number of benzene rings is 3. The van der Waals surface area contributed by atoms with Crippen molar-refractivity contribution in [3.05, 3.63) is 101 Å². The van der Waals surface area contributed by atoms with E-state index in [1.807, 2.05) is 36.4 Å². The van der Waals surface area contributed by atoms with Gasteiger partial charge in [-0.15, -0.1) is 0 Å². The fraction of sp³-hybridized carbons (Fsp3) is 0.300. The summed E-state index contributed by atoms with van der Waals surface area (Å²) in [5, 5.41) is 7.17. The van der Waals surface area contributed by atoms with Gasteiger partial charge in [0, 0.05) is 22.0 Å². The van der Waals surface area contributed by atoms with Gasteiger partial charge in [0.2, 0.25) is 6.23 Å². The third-order valence-corrected chi connectivity index (χ3v) is 6.98. The van der Waals surface area contributed by atoms with Gasteiger partial charge in [0.1, 0.15) is 23.9 Å². The molecule has 5 rings (SSSR count). The zero-order chi connectivity index (χ0) is 24.9. The summed E-state index contributed by atoms with van der Waals surface area (Å²) in [6.07, 6.45) is 5.68. The molecule has 0 aromatic heterocycles. The molecule has 0 saturated heterocycles. The molecule has 3 aromatic carbocycles. The SMILES string of the molecule is C=CCOc1ccc(C2=NN3[C@H](C2)c2cc(Br)ccc2O[C@@H]3c2ccc(OCCCCC)cc2)cc1. The molecule has 0 fully saturated rings. The molecule has 0 unspecified atom stereocenters. The first-order valence-corrected chi connectivity index (χ1v) is 13.3. The Morgan fingerprint density at radius 2 is 1.78 bits per heavy atom. The second-order valence-corrected chi connectivity index (χ2v) is 9.96. The largest absolute Gasteiger partial charge is 0.494 e. The van der Waals surface area contributed by atoms with Gasteiger partial charge in [0.05, 0.1) is 18.4 Å². The first-order valence-electron chi connectivity index (χ1n) is 12.5. The van der Waals surface area contributed by atoms with Crippen molar-refractivity contribution in [2.45, 2.75) is 44.9 Å². The molecular weight excluding hydrogens is 516 g/mol. The van der Waals surface area contributed by atoms with Crippen molar-refractivity contribution in [3.63, 3.8) is 0 Å². The van der Waals surface area contributed by atoms with Crippen LogP contribution in [-0.4, -0.2) is 23.9 Å². The Morgan fingerprint density at radius 1 is 1.03 bits per heavy atom. The second kappa shape index (κ2) is 11.2. The number of hydrogen-bond donors (Lipinski definition) is 0. The Bertz CT molecular complexity index is 1220. The molecule has 0 N–H and O–H groups in total. The summed E-state index contributed by atoms with van der Waals surface area (Å²) in [6.45, 7) is 7.14. The lowest BCUT2D eigenvalue weighted by Crippen LogP contribution is -2.33. The van der Waals surface area contributed by atoms with Gasteiger partial charge in [0.15, 0.2) is 0 Å². The summed E-state index contributed by atoms with van der Waals surface area (Å²) in [4.78, 5) is 0. The van der Waals surface area contributed by atoms with E-state index in [1.54, 1.807) is 6.08 Å². The van der Waals surface area contributed by atoms with E-state index in [1.165, 1.54) is 12.8 Å². The highest BCUT2D eigenvalue weighted by Gasteiger charge is 2.41. The third kappa shape index (κ3) is 5.29. The lowest BCUT2D eigenvalue weighted by atomic mass is 9.96. The molecule has 186 valence electrons. The molecule has 36 heavy (non-hydrogen) atoms. The minimum Gasteiger partial charge on any atom is -0.494 e. The summed E-state index contributed by atoms with van der Waals surface area (Å²) in [6, 6.07) is 22.6. The van der Waals surface area contributed by atoms with Gasteiger partial charge in [-0.2, -0.15) is 5.10 Å². The topological polar surface area (TPSA) is 43.3 Å². The number of fused-ring (bicyclic) bond motifs is 3. The van der Waals surface area contributed by atoms with Crippen LogP contribution in [0.3, 0.4) is 0 Å². The lowest BCUT2D eigenvalue weighted by molar-refractivity contribution is -0.0191. The zero-order valence-electron chi connectivity index (χ0n) is 20.5. The smallest absolute Gasteiger partial charge is 0.213 e. The van der Waals surface area contributed by atoms with Gasteiger partial charge in [-0.3, -0.25) is 0 Å². The van der Waals surface area contributed by atoms with Crippen molar-refractivity contribution < 1.29 is 14.2 Å². The van der Waals surface area contributed by atoms with Crippen molar-refractivity contribution in [2.75, 3.05) is 13.2 Å². The Morgan fingerprint density at radius 3 is 2.53 bits per heavy atom. The van der Waals surface area contributed by atoms with Gasteiger partial charge in [-0.25, -0.2) is 5.01 Å². The summed E-state index contributed by atoms with van der Waals surface area (Å²) >= 11 is 3.63. The number of hydrogen-bond acceptors (Lipinski definition) is 5. The second-order valence-electron chi connectivity index (χ2n) is 9.05. The minimum absolute atomic E-state index is 0.0907. The van der Waals surface area contributed by atoms with E-state index >= 15 is 0 Å². The van der Waals surface area contributed by atoms with E-state index in [4.69, 9.17) is 19.3 Å². The molecule has 0 saturated carbocycles. The molecule has 0 radical (unpaired) electrons. The van der Waals surface area contributed by atoms with Crippen LogP contribution in [-0.2, 0) is 0 Å². The van der Waals surface area contributed by atoms with Gasteiger partial charge in [0.25, 0.3) is 0 Å².